The van der Waals surface area contributed by atoms with Crippen molar-refractivity contribution in [2.75, 3.05) is 20.0 Å². The Kier molecular flexibility index (Phi) is 6.04. The largest absolute Gasteiger partial charge is 0.493 e. The number of methoxy groups -OCH3 is 2. The van der Waals surface area contributed by atoms with E-state index in [-0.39, 0.29) is 11.5 Å². The lowest BCUT2D eigenvalue weighted by atomic mass is 9.97. The zero-order valence-electron chi connectivity index (χ0n) is 16.5. The molecular formula is C21H22N2O4S. The van der Waals surface area contributed by atoms with Crippen molar-refractivity contribution >= 4 is 17.5 Å². The minimum Gasteiger partial charge on any atom is -0.493 e. The molecule has 3 rings (SSSR count). The number of benzene rings is 2. The molecule has 0 aliphatic rings. The van der Waals surface area contributed by atoms with Gasteiger partial charge in [-0.3, -0.25) is 4.79 Å². The third-order valence-corrected chi connectivity index (χ3v) is 5.14. The maximum absolute atomic E-state index is 12.7. The van der Waals surface area contributed by atoms with Gasteiger partial charge in [0.1, 0.15) is 0 Å². The van der Waals surface area contributed by atoms with Gasteiger partial charge in [-0.25, -0.2) is 0 Å². The maximum atomic E-state index is 12.7. The van der Waals surface area contributed by atoms with E-state index in [1.165, 1.54) is 11.8 Å². The molecule has 0 aliphatic heterocycles. The van der Waals surface area contributed by atoms with Crippen LogP contribution in [0.1, 0.15) is 27.0 Å². The molecule has 2 aromatic carbocycles. The predicted molar refractivity (Wildman–Crippen MR) is 109 cm³/mol. The number of hydrogen-bond donors (Lipinski definition) is 0. The first-order valence-corrected chi connectivity index (χ1v) is 9.71. The van der Waals surface area contributed by atoms with Crippen LogP contribution >= 0.6 is 11.8 Å². The van der Waals surface area contributed by atoms with Gasteiger partial charge in [0.05, 0.1) is 20.0 Å². The molecule has 3 aromatic rings. The van der Waals surface area contributed by atoms with E-state index in [2.05, 4.69) is 10.2 Å². The first kappa shape index (κ1) is 19.9. The second-order valence-corrected chi connectivity index (χ2v) is 7.36. The summed E-state index contributed by atoms with van der Waals surface area (Å²) in [4.78, 5) is 12.7. The van der Waals surface area contributed by atoms with Crippen LogP contribution < -0.4 is 9.47 Å². The summed E-state index contributed by atoms with van der Waals surface area (Å²) in [5.41, 5.74) is 4.60. The summed E-state index contributed by atoms with van der Waals surface area (Å²) in [7, 11) is 3.14. The highest BCUT2D eigenvalue weighted by Gasteiger charge is 2.17. The smallest absolute Gasteiger partial charge is 0.277 e. The molecule has 0 fully saturated rings. The number of thioether (sulfide) groups is 1. The van der Waals surface area contributed by atoms with Crippen molar-refractivity contribution in [3.63, 3.8) is 0 Å². The predicted octanol–water partition coefficient (Wildman–Crippen LogP) is 4.65. The number of Topliss-reactive ketones (excluding diaryl/α,β-unsaturated/α-hetero) is 1. The molecule has 28 heavy (non-hydrogen) atoms. The van der Waals surface area contributed by atoms with Crippen molar-refractivity contribution in [2.45, 2.75) is 26.0 Å². The summed E-state index contributed by atoms with van der Waals surface area (Å²) in [6, 6.07) is 9.40. The molecule has 0 amide bonds. The van der Waals surface area contributed by atoms with Gasteiger partial charge in [0, 0.05) is 11.1 Å². The summed E-state index contributed by atoms with van der Waals surface area (Å²) in [6.45, 7) is 5.94. The Bertz CT molecular complexity index is 990. The second kappa shape index (κ2) is 8.48. The Balaban J connectivity index is 1.73. The standard InChI is InChI=1S/C21H22N2O4S/c1-12-8-13(2)19(14(3)9-12)16(24)11-28-21-23-22-20(27-21)15-6-7-17(25-4)18(10-15)26-5/h6-10H,11H2,1-5H3. The number of ketones is 1. The van der Waals surface area contributed by atoms with E-state index in [4.69, 9.17) is 13.9 Å². The Hall–Kier alpha value is -2.80. The Morgan fingerprint density at radius 2 is 1.68 bits per heavy atom. The molecule has 0 atom stereocenters. The van der Waals surface area contributed by atoms with Crippen molar-refractivity contribution in [3.8, 4) is 23.0 Å². The molecule has 6 nitrogen and oxygen atoms in total. The third kappa shape index (κ3) is 4.20. The van der Waals surface area contributed by atoms with Gasteiger partial charge in [-0.2, -0.15) is 0 Å². The molecule has 0 saturated heterocycles. The zero-order chi connectivity index (χ0) is 20.3. The van der Waals surface area contributed by atoms with E-state index < -0.39 is 0 Å². The topological polar surface area (TPSA) is 74.5 Å². The van der Waals surface area contributed by atoms with Crippen LogP contribution in [-0.2, 0) is 0 Å². The monoisotopic (exact) mass is 398 g/mol. The van der Waals surface area contributed by atoms with E-state index in [9.17, 15) is 4.79 Å². The summed E-state index contributed by atoms with van der Waals surface area (Å²) in [5, 5.41) is 8.45. The van der Waals surface area contributed by atoms with Crippen LogP contribution in [0.2, 0.25) is 0 Å². The number of aryl methyl sites for hydroxylation is 3. The molecule has 1 heterocycles. The van der Waals surface area contributed by atoms with E-state index >= 15 is 0 Å². The lowest BCUT2D eigenvalue weighted by Crippen LogP contribution is -2.07. The molecule has 0 radical (unpaired) electrons. The van der Waals surface area contributed by atoms with Crippen LogP contribution in [-0.4, -0.2) is 36.0 Å². The third-order valence-electron chi connectivity index (χ3n) is 4.32. The maximum Gasteiger partial charge on any atom is 0.277 e. The van der Waals surface area contributed by atoms with Crippen LogP contribution in [0.15, 0.2) is 40.0 Å². The minimum atomic E-state index is 0.0471. The molecule has 0 aliphatic carbocycles. The quantitative estimate of drug-likeness (QED) is 0.423. The number of aromatic nitrogens is 2. The Morgan fingerprint density at radius 3 is 2.32 bits per heavy atom. The minimum absolute atomic E-state index is 0.0471. The molecule has 0 saturated carbocycles. The van der Waals surface area contributed by atoms with E-state index in [0.29, 0.717) is 28.2 Å². The Labute approximate surface area is 168 Å². The van der Waals surface area contributed by atoms with Gasteiger partial charge in [0.2, 0.25) is 5.89 Å². The van der Waals surface area contributed by atoms with E-state index in [1.54, 1.807) is 26.4 Å². The number of carbonyl (C=O) groups excluding carboxylic acids is 1. The molecule has 146 valence electrons. The zero-order valence-corrected chi connectivity index (χ0v) is 17.3. The van der Waals surface area contributed by atoms with Crippen molar-refractivity contribution in [3.05, 3.63) is 52.6 Å². The number of nitrogens with zero attached hydrogens (tertiary/aromatic N) is 2. The van der Waals surface area contributed by atoms with Crippen molar-refractivity contribution < 1.29 is 18.7 Å². The van der Waals surface area contributed by atoms with Gasteiger partial charge >= 0.3 is 0 Å². The average Bonchev–Trinajstić information content (AvgIpc) is 3.14. The number of carbonyl (C=O) groups is 1. The first-order valence-electron chi connectivity index (χ1n) is 8.72. The molecule has 7 heteroatoms. The highest BCUT2D eigenvalue weighted by Crippen LogP contribution is 2.32. The summed E-state index contributed by atoms with van der Waals surface area (Å²) in [5.74, 6) is 1.84. The van der Waals surface area contributed by atoms with Crippen molar-refractivity contribution in [2.24, 2.45) is 0 Å². The lowest BCUT2D eigenvalue weighted by Gasteiger charge is -2.09. The van der Waals surface area contributed by atoms with Gasteiger partial charge in [0.25, 0.3) is 5.22 Å². The van der Waals surface area contributed by atoms with E-state index in [0.717, 1.165) is 22.3 Å². The van der Waals surface area contributed by atoms with Crippen molar-refractivity contribution in [1.82, 2.24) is 10.2 Å². The molecular weight excluding hydrogens is 376 g/mol. The molecule has 0 bridgehead atoms. The molecule has 0 N–H and O–H groups in total. The van der Waals surface area contributed by atoms with Crippen LogP contribution in [0, 0.1) is 20.8 Å². The summed E-state index contributed by atoms with van der Waals surface area (Å²) >= 11 is 1.23. The normalized spacial score (nSPS) is 10.8. The number of hydrogen-bond acceptors (Lipinski definition) is 7. The van der Waals surface area contributed by atoms with Gasteiger partial charge in [-0.1, -0.05) is 29.5 Å². The molecule has 1 aromatic heterocycles. The van der Waals surface area contributed by atoms with Crippen LogP contribution in [0.25, 0.3) is 11.5 Å². The fourth-order valence-electron chi connectivity index (χ4n) is 3.17. The fourth-order valence-corrected chi connectivity index (χ4v) is 3.81. The summed E-state index contributed by atoms with van der Waals surface area (Å²) in [6.07, 6.45) is 0. The Morgan fingerprint density at radius 1 is 1.00 bits per heavy atom. The second-order valence-electron chi connectivity index (χ2n) is 6.43. The van der Waals surface area contributed by atoms with E-state index in [1.807, 2.05) is 39.0 Å². The van der Waals surface area contributed by atoms with Crippen LogP contribution in [0.4, 0.5) is 0 Å². The van der Waals surface area contributed by atoms with Gasteiger partial charge in [0.15, 0.2) is 17.3 Å². The highest BCUT2D eigenvalue weighted by molar-refractivity contribution is 7.99. The lowest BCUT2D eigenvalue weighted by molar-refractivity contribution is 0.102. The number of rotatable bonds is 7. The van der Waals surface area contributed by atoms with Gasteiger partial charge in [-0.05, 0) is 50.1 Å². The fraction of sp³-hybridized carbons (Fsp3) is 0.286. The SMILES string of the molecule is COc1ccc(-c2nnc(SCC(=O)c3c(C)cc(C)cc3C)o2)cc1OC. The van der Waals surface area contributed by atoms with Crippen molar-refractivity contribution in [1.29, 1.82) is 0 Å². The van der Waals surface area contributed by atoms with Gasteiger partial charge < -0.3 is 13.9 Å². The van der Waals surface area contributed by atoms with Gasteiger partial charge in [-0.15, -0.1) is 10.2 Å². The number of ether oxygens (including phenoxy) is 2. The highest BCUT2D eigenvalue weighted by atomic mass is 32.2. The molecule has 0 spiro atoms. The average molecular weight is 398 g/mol. The molecule has 0 unspecified atom stereocenters. The van der Waals surface area contributed by atoms with Crippen LogP contribution in [0.3, 0.4) is 0 Å². The first-order chi connectivity index (χ1) is 13.4. The summed E-state index contributed by atoms with van der Waals surface area (Å²) < 4.78 is 16.2. The van der Waals surface area contributed by atoms with Crippen LogP contribution in [0.5, 0.6) is 11.5 Å².